The summed E-state index contributed by atoms with van der Waals surface area (Å²) in [6, 6.07) is 2.05. The minimum Gasteiger partial charge on any atom is -0.396 e. The Bertz CT molecular complexity index is 358. The van der Waals surface area contributed by atoms with Crippen molar-refractivity contribution in [1.29, 1.82) is 0 Å². The molecule has 4 nitrogen and oxygen atoms in total. The zero-order valence-corrected chi connectivity index (χ0v) is 12.1. The molecule has 1 heterocycles. The van der Waals surface area contributed by atoms with Gasteiger partial charge in [0.1, 0.15) is 5.82 Å². The molecule has 17 heavy (non-hydrogen) atoms. The number of nitrogens with zero attached hydrogens (tertiary/aromatic N) is 1. The minimum absolute atomic E-state index is 0.214. The number of pyridine rings is 1. The van der Waals surface area contributed by atoms with Gasteiger partial charge >= 0.3 is 0 Å². The highest BCUT2D eigenvalue weighted by Gasteiger charge is 2.15. The van der Waals surface area contributed by atoms with Gasteiger partial charge in [0.15, 0.2) is 0 Å². The van der Waals surface area contributed by atoms with Crippen LogP contribution in [0.5, 0.6) is 0 Å². The molecule has 96 valence electrons. The van der Waals surface area contributed by atoms with Crippen LogP contribution in [0.1, 0.15) is 20.8 Å². The van der Waals surface area contributed by atoms with Gasteiger partial charge in [-0.05, 0) is 34.8 Å². The molecule has 1 aromatic heterocycles. The second-order valence-corrected chi connectivity index (χ2v) is 5.16. The van der Waals surface area contributed by atoms with E-state index in [0.29, 0.717) is 30.6 Å². The maximum absolute atomic E-state index is 5.90. The zero-order valence-electron chi connectivity index (χ0n) is 10.5. The lowest BCUT2D eigenvalue weighted by Gasteiger charge is -2.23. The summed E-state index contributed by atoms with van der Waals surface area (Å²) in [5, 5.41) is 3.33. The molecular formula is C12H20BrN3O. The first-order chi connectivity index (χ1) is 8.04. The van der Waals surface area contributed by atoms with E-state index in [1.807, 2.05) is 13.0 Å². The van der Waals surface area contributed by atoms with Crippen LogP contribution < -0.4 is 11.1 Å². The van der Waals surface area contributed by atoms with Gasteiger partial charge in [-0.2, -0.15) is 0 Å². The quantitative estimate of drug-likeness (QED) is 0.848. The highest BCUT2D eigenvalue weighted by atomic mass is 79.9. The van der Waals surface area contributed by atoms with Crippen LogP contribution in [-0.4, -0.2) is 24.2 Å². The third kappa shape index (κ3) is 4.52. The first-order valence-corrected chi connectivity index (χ1v) is 6.59. The summed E-state index contributed by atoms with van der Waals surface area (Å²) in [6.07, 6.45) is 1.73. The molecule has 3 N–H and O–H groups in total. The molecule has 1 aromatic rings. The number of halogens is 1. The molecular weight excluding hydrogens is 282 g/mol. The smallest absolute Gasteiger partial charge is 0.149 e. The van der Waals surface area contributed by atoms with Crippen molar-refractivity contribution in [3.63, 3.8) is 0 Å². The third-order valence-electron chi connectivity index (χ3n) is 2.51. The number of hydrogen-bond donors (Lipinski definition) is 2. The highest BCUT2D eigenvalue weighted by Crippen LogP contribution is 2.21. The monoisotopic (exact) mass is 301 g/mol. The maximum atomic E-state index is 5.90. The summed E-state index contributed by atoms with van der Waals surface area (Å²) in [5.41, 5.74) is 6.54. The van der Waals surface area contributed by atoms with Gasteiger partial charge in [0.05, 0.1) is 18.3 Å². The van der Waals surface area contributed by atoms with Crippen LogP contribution in [-0.2, 0) is 4.74 Å². The Morgan fingerprint density at radius 3 is 2.76 bits per heavy atom. The minimum atomic E-state index is 0.214. The predicted molar refractivity (Wildman–Crippen MR) is 75.1 cm³/mol. The van der Waals surface area contributed by atoms with Crippen molar-refractivity contribution in [3.05, 3.63) is 16.7 Å². The Morgan fingerprint density at radius 1 is 1.53 bits per heavy atom. The van der Waals surface area contributed by atoms with E-state index in [2.05, 4.69) is 40.1 Å². The number of aromatic nitrogens is 1. The molecule has 0 spiro atoms. The lowest BCUT2D eigenvalue weighted by atomic mass is 10.1. The standard InChI is InChI=1S/C12H20BrN3O/c1-4-17-7-11(8(2)3)16-12-10(14)5-9(13)6-15-12/h5-6,8,11H,4,7,14H2,1-3H3,(H,15,16). The molecule has 5 heteroatoms. The third-order valence-corrected chi connectivity index (χ3v) is 2.95. The first kappa shape index (κ1) is 14.3. The van der Waals surface area contributed by atoms with Crippen molar-refractivity contribution in [1.82, 2.24) is 4.98 Å². The topological polar surface area (TPSA) is 60.2 Å². The van der Waals surface area contributed by atoms with Gasteiger partial charge in [-0.25, -0.2) is 4.98 Å². The van der Waals surface area contributed by atoms with E-state index < -0.39 is 0 Å². The van der Waals surface area contributed by atoms with Crippen molar-refractivity contribution < 1.29 is 4.74 Å². The molecule has 0 bridgehead atoms. The summed E-state index contributed by atoms with van der Waals surface area (Å²) in [7, 11) is 0. The second kappa shape index (κ2) is 6.81. The van der Waals surface area contributed by atoms with Gasteiger partial charge < -0.3 is 15.8 Å². The Morgan fingerprint density at radius 2 is 2.24 bits per heavy atom. The van der Waals surface area contributed by atoms with Crippen LogP contribution in [0.15, 0.2) is 16.7 Å². The molecule has 1 atom stereocenters. The van der Waals surface area contributed by atoms with Crippen molar-refractivity contribution >= 4 is 27.4 Å². The SMILES string of the molecule is CCOCC(Nc1ncc(Br)cc1N)C(C)C. The summed E-state index contributed by atoms with van der Waals surface area (Å²) in [6.45, 7) is 7.65. The summed E-state index contributed by atoms with van der Waals surface area (Å²) in [4.78, 5) is 4.27. The van der Waals surface area contributed by atoms with Crippen LogP contribution in [0.4, 0.5) is 11.5 Å². The lowest BCUT2D eigenvalue weighted by Crippen LogP contribution is -2.31. The van der Waals surface area contributed by atoms with Crippen LogP contribution in [0, 0.1) is 5.92 Å². The van der Waals surface area contributed by atoms with Gasteiger partial charge in [0.2, 0.25) is 0 Å². The number of hydrogen-bond acceptors (Lipinski definition) is 4. The van der Waals surface area contributed by atoms with Gasteiger partial charge in [-0.15, -0.1) is 0 Å². The van der Waals surface area contributed by atoms with E-state index in [1.165, 1.54) is 0 Å². The van der Waals surface area contributed by atoms with Crippen LogP contribution >= 0.6 is 15.9 Å². The Hall–Kier alpha value is -0.810. The van der Waals surface area contributed by atoms with E-state index in [4.69, 9.17) is 10.5 Å². The first-order valence-electron chi connectivity index (χ1n) is 5.79. The van der Waals surface area contributed by atoms with E-state index in [9.17, 15) is 0 Å². The van der Waals surface area contributed by atoms with Crippen LogP contribution in [0.2, 0.25) is 0 Å². The Kier molecular flexibility index (Phi) is 5.71. The predicted octanol–water partition coefficient (Wildman–Crippen LogP) is 2.90. The average Bonchev–Trinajstić information content (AvgIpc) is 2.26. The number of nitrogens with one attached hydrogen (secondary N) is 1. The number of rotatable bonds is 6. The van der Waals surface area contributed by atoms with Gasteiger partial charge in [-0.1, -0.05) is 13.8 Å². The summed E-state index contributed by atoms with van der Waals surface area (Å²) < 4.78 is 6.33. The fourth-order valence-corrected chi connectivity index (χ4v) is 1.75. The van der Waals surface area contributed by atoms with E-state index in [0.717, 1.165) is 4.47 Å². The Labute approximate surface area is 111 Å². The van der Waals surface area contributed by atoms with E-state index >= 15 is 0 Å². The molecule has 0 saturated heterocycles. The second-order valence-electron chi connectivity index (χ2n) is 4.25. The molecule has 0 aromatic carbocycles. The Balaban J connectivity index is 2.71. The normalized spacial score (nSPS) is 12.8. The summed E-state index contributed by atoms with van der Waals surface area (Å²) in [5.74, 6) is 1.16. The highest BCUT2D eigenvalue weighted by molar-refractivity contribution is 9.10. The van der Waals surface area contributed by atoms with Crippen LogP contribution in [0.25, 0.3) is 0 Å². The molecule has 0 aliphatic heterocycles. The molecule has 1 unspecified atom stereocenters. The fraction of sp³-hybridized carbons (Fsp3) is 0.583. The molecule has 0 aliphatic rings. The molecule has 0 aliphatic carbocycles. The van der Waals surface area contributed by atoms with E-state index in [-0.39, 0.29) is 6.04 Å². The van der Waals surface area contributed by atoms with Gasteiger partial charge in [0, 0.05) is 17.3 Å². The van der Waals surface area contributed by atoms with Gasteiger partial charge in [0.25, 0.3) is 0 Å². The average molecular weight is 302 g/mol. The molecule has 0 fully saturated rings. The largest absolute Gasteiger partial charge is 0.396 e. The van der Waals surface area contributed by atoms with E-state index in [1.54, 1.807) is 6.20 Å². The van der Waals surface area contributed by atoms with Gasteiger partial charge in [-0.3, -0.25) is 0 Å². The van der Waals surface area contributed by atoms with Crippen molar-refractivity contribution in [3.8, 4) is 0 Å². The van der Waals surface area contributed by atoms with Crippen molar-refractivity contribution in [2.75, 3.05) is 24.3 Å². The number of anilines is 2. The maximum Gasteiger partial charge on any atom is 0.149 e. The van der Waals surface area contributed by atoms with Crippen molar-refractivity contribution in [2.45, 2.75) is 26.8 Å². The summed E-state index contributed by atoms with van der Waals surface area (Å²) >= 11 is 3.34. The van der Waals surface area contributed by atoms with Crippen molar-refractivity contribution in [2.24, 2.45) is 5.92 Å². The molecule has 0 saturated carbocycles. The van der Waals surface area contributed by atoms with Crippen LogP contribution in [0.3, 0.4) is 0 Å². The zero-order chi connectivity index (χ0) is 12.8. The number of nitrogen functional groups attached to an aromatic ring is 1. The number of ether oxygens (including phenoxy) is 1. The fourth-order valence-electron chi connectivity index (χ4n) is 1.40. The molecule has 0 amide bonds. The molecule has 1 rings (SSSR count). The molecule has 0 radical (unpaired) electrons. The number of nitrogens with two attached hydrogens (primary N) is 1. The lowest BCUT2D eigenvalue weighted by molar-refractivity contribution is 0.126.